The van der Waals surface area contributed by atoms with Crippen molar-refractivity contribution in [1.29, 1.82) is 0 Å². The minimum atomic E-state index is -0.797. The van der Waals surface area contributed by atoms with E-state index in [1.807, 2.05) is 6.92 Å². The second-order valence-electron chi connectivity index (χ2n) is 6.44. The van der Waals surface area contributed by atoms with Gasteiger partial charge in [-0.1, -0.05) is 32.6 Å². The zero-order valence-electron chi connectivity index (χ0n) is 13.5. The molecule has 0 aliphatic heterocycles. The lowest BCUT2D eigenvalue weighted by Crippen LogP contribution is -2.52. The summed E-state index contributed by atoms with van der Waals surface area (Å²) in [7, 11) is 2.15. The molecule has 0 radical (unpaired) electrons. The number of rotatable bonds is 8. The van der Waals surface area contributed by atoms with Gasteiger partial charge in [0.15, 0.2) is 0 Å². The lowest BCUT2D eigenvalue weighted by atomic mass is 9.96. The lowest BCUT2D eigenvalue weighted by molar-refractivity contribution is -0.144. The molecule has 20 heavy (non-hydrogen) atoms. The zero-order valence-corrected chi connectivity index (χ0v) is 13.5. The first-order valence-electron chi connectivity index (χ1n) is 8.18. The Kier molecular flexibility index (Phi) is 7.52. The lowest BCUT2D eigenvalue weighted by Gasteiger charge is -2.32. The second kappa shape index (κ2) is 8.63. The summed E-state index contributed by atoms with van der Waals surface area (Å²) < 4.78 is 0. The van der Waals surface area contributed by atoms with Crippen LogP contribution in [0.2, 0.25) is 0 Å². The molecule has 0 bridgehead atoms. The highest BCUT2D eigenvalue weighted by atomic mass is 16.4. The van der Waals surface area contributed by atoms with E-state index in [0.717, 1.165) is 19.5 Å². The summed E-state index contributed by atoms with van der Waals surface area (Å²) in [6.07, 6.45) is 9.51. The largest absolute Gasteiger partial charge is 0.480 e. The molecule has 2 N–H and O–H groups in total. The van der Waals surface area contributed by atoms with E-state index in [-0.39, 0.29) is 0 Å². The van der Waals surface area contributed by atoms with Crippen molar-refractivity contribution in [3.63, 3.8) is 0 Å². The van der Waals surface area contributed by atoms with Gasteiger partial charge in [0.2, 0.25) is 0 Å². The Bertz CT molecular complexity index is 288. The summed E-state index contributed by atoms with van der Waals surface area (Å²) >= 11 is 0. The van der Waals surface area contributed by atoms with Crippen LogP contribution >= 0.6 is 0 Å². The van der Waals surface area contributed by atoms with Crippen LogP contribution < -0.4 is 5.32 Å². The summed E-state index contributed by atoms with van der Waals surface area (Å²) in [5, 5.41) is 12.6. The van der Waals surface area contributed by atoms with Crippen molar-refractivity contribution in [3.05, 3.63) is 0 Å². The van der Waals surface area contributed by atoms with Gasteiger partial charge in [-0.15, -0.1) is 0 Å². The van der Waals surface area contributed by atoms with Gasteiger partial charge in [0.25, 0.3) is 0 Å². The van der Waals surface area contributed by atoms with Gasteiger partial charge in [0, 0.05) is 12.6 Å². The van der Waals surface area contributed by atoms with Crippen LogP contribution in [0.4, 0.5) is 0 Å². The molecule has 1 aliphatic rings. The highest BCUT2D eigenvalue weighted by molar-refractivity contribution is 5.78. The van der Waals surface area contributed by atoms with E-state index >= 15 is 0 Å². The fourth-order valence-electron chi connectivity index (χ4n) is 2.95. The molecule has 0 aromatic carbocycles. The van der Waals surface area contributed by atoms with E-state index in [1.54, 1.807) is 0 Å². The van der Waals surface area contributed by atoms with Crippen molar-refractivity contribution < 1.29 is 9.90 Å². The molecule has 0 spiro atoms. The molecule has 1 unspecified atom stereocenters. The first-order valence-corrected chi connectivity index (χ1v) is 8.18. The molecule has 1 atom stereocenters. The molecule has 118 valence electrons. The SMILES string of the molecule is CCCNC(C)(CCN(C)C1CCCCCC1)C(=O)O. The van der Waals surface area contributed by atoms with Crippen LogP contribution in [0.5, 0.6) is 0 Å². The average molecular weight is 284 g/mol. The second-order valence-corrected chi connectivity index (χ2v) is 6.44. The van der Waals surface area contributed by atoms with Crippen LogP contribution in [0.3, 0.4) is 0 Å². The summed E-state index contributed by atoms with van der Waals surface area (Å²) in [6, 6.07) is 0.640. The van der Waals surface area contributed by atoms with Crippen LogP contribution in [0.15, 0.2) is 0 Å². The van der Waals surface area contributed by atoms with E-state index in [0.29, 0.717) is 12.5 Å². The van der Waals surface area contributed by atoms with Crippen LogP contribution in [-0.4, -0.2) is 47.7 Å². The number of carboxylic acid groups (broad SMARTS) is 1. The van der Waals surface area contributed by atoms with Crippen LogP contribution in [-0.2, 0) is 4.79 Å². The normalized spacial score (nSPS) is 20.6. The van der Waals surface area contributed by atoms with Gasteiger partial charge in [0.1, 0.15) is 5.54 Å². The first kappa shape index (κ1) is 17.4. The fraction of sp³-hybridized carbons (Fsp3) is 0.938. The smallest absolute Gasteiger partial charge is 0.323 e. The highest BCUT2D eigenvalue weighted by Gasteiger charge is 2.32. The van der Waals surface area contributed by atoms with Crippen molar-refractivity contribution >= 4 is 5.97 Å². The third kappa shape index (κ3) is 5.41. The molecule has 1 aliphatic carbocycles. The Hall–Kier alpha value is -0.610. The van der Waals surface area contributed by atoms with E-state index in [2.05, 4.69) is 24.2 Å². The van der Waals surface area contributed by atoms with Gasteiger partial charge >= 0.3 is 5.97 Å². The van der Waals surface area contributed by atoms with Gasteiger partial charge in [-0.3, -0.25) is 4.79 Å². The molecule has 0 heterocycles. The Labute approximate surface area is 123 Å². The molecule has 0 saturated heterocycles. The Balaban J connectivity index is 2.46. The van der Waals surface area contributed by atoms with E-state index in [4.69, 9.17) is 0 Å². The minimum absolute atomic E-state index is 0.640. The number of nitrogens with zero attached hydrogens (tertiary/aromatic N) is 1. The molecule has 4 nitrogen and oxygen atoms in total. The Morgan fingerprint density at radius 1 is 1.30 bits per heavy atom. The molecule has 1 rings (SSSR count). The molecular formula is C16H32N2O2. The van der Waals surface area contributed by atoms with Crippen LogP contribution in [0.25, 0.3) is 0 Å². The van der Waals surface area contributed by atoms with Crippen LogP contribution in [0.1, 0.15) is 65.2 Å². The molecule has 0 amide bonds. The number of nitrogens with one attached hydrogen (secondary N) is 1. The topological polar surface area (TPSA) is 52.6 Å². The zero-order chi connectivity index (χ0) is 15.0. The third-order valence-corrected chi connectivity index (χ3v) is 4.65. The molecular weight excluding hydrogens is 252 g/mol. The minimum Gasteiger partial charge on any atom is -0.480 e. The first-order chi connectivity index (χ1) is 9.49. The molecule has 1 fully saturated rings. The van der Waals surface area contributed by atoms with Gasteiger partial charge < -0.3 is 15.3 Å². The maximum absolute atomic E-state index is 11.5. The predicted molar refractivity (Wildman–Crippen MR) is 83.1 cm³/mol. The summed E-state index contributed by atoms with van der Waals surface area (Å²) in [5.41, 5.74) is -0.797. The Morgan fingerprint density at radius 2 is 1.90 bits per heavy atom. The number of hydrogen-bond donors (Lipinski definition) is 2. The van der Waals surface area contributed by atoms with Crippen molar-refractivity contribution in [2.45, 2.75) is 76.8 Å². The maximum Gasteiger partial charge on any atom is 0.323 e. The van der Waals surface area contributed by atoms with E-state index in [1.165, 1.54) is 38.5 Å². The highest BCUT2D eigenvalue weighted by Crippen LogP contribution is 2.22. The predicted octanol–water partition coefficient (Wildman–Crippen LogP) is 2.87. The quantitative estimate of drug-likeness (QED) is 0.673. The summed E-state index contributed by atoms with van der Waals surface area (Å²) in [5.74, 6) is -0.736. The molecule has 0 aromatic rings. The van der Waals surface area contributed by atoms with E-state index in [9.17, 15) is 9.90 Å². The number of carboxylic acids is 1. The Morgan fingerprint density at radius 3 is 2.40 bits per heavy atom. The summed E-state index contributed by atoms with van der Waals surface area (Å²) in [6.45, 7) is 5.49. The monoisotopic (exact) mass is 284 g/mol. The van der Waals surface area contributed by atoms with Crippen molar-refractivity contribution in [1.82, 2.24) is 10.2 Å². The molecule has 1 saturated carbocycles. The van der Waals surface area contributed by atoms with Gasteiger partial charge in [-0.2, -0.15) is 0 Å². The molecule has 0 aromatic heterocycles. The number of aliphatic carboxylic acids is 1. The van der Waals surface area contributed by atoms with Crippen molar-refractivity contribution in [2.24, 2.45) is 0 Å². The maximum atomic E-state index is 11.5. The standard InChI is InChI=1S/C16H32N2O2/c1-4-12-17-16(2,15(19)20)11-13-18(3)14-9-7-5-6-8-10-14/h14,17H,4-13H2,1-3H3,(H,19,20). The van der Waals surface area contributed by atoms with Crippen molar-refractivity contribution in [3.8, 4) is 0 Å². The summed E-state index contributed by atoms with van der Waals surface area (Å²) in [4.78, 5) is 13.9. The van der Waals surface area contributed by atoms with E-state index < -0.39 is 11.5 Å². The average Bonchev–Trinajstić information content (AvgIpc) is 2.71. The van der Waals surface area contributed by atoms with Crippen molar-refractivity contribution in [2.75, 3.05) is 20.1 Å². The molecule has 4 heteroatoms. The fourth-order valence-corrected chi connectivity index (χ4v) is 2.95. The van der Waals surface area contributed by atoms with Gasteiger partial charge in [-0.05, 0) is 46.2 Å². The third-order valence-electron chi connectivity index (χ3n) is 4.65. The number of hydrogen-bond acceptors (Lipinski definition) is 3. The van der Waals surface area contributed by atoms with Crippen LogP contribution in [0, 0.1) is 0 Å². The number of carbonyl (C=O) groups is 1. The van der Waals surface area contributed by atoms with Gasteiger partial charge in [-0.25, -0.2) is 0 Å². The van der Waals surface area contributed by atoms with Gasteiger partial charge in [0.05, 0.1) is 0 Å².